The highest BCUT2D eigenvalue weighted by Gasteiger charge is 2.10. The topological polar surface area (TPSA) is 95.5 Å². The summed E-state index contributed by atoms with van der Waals surface area (Å²) in [5.41, 5.74) is 0.927. The van der Waals surface area contributed by atoms with Crippen molar-refractivity contribution in [3.63, 3.8) is 0 Å². The van der Waals surface area contributed by atoms with E-state index in [-0.39, 0.29) is 12.3 Å². The average Bonchev–Trinajstić information content (AvgIpc) is 3.12. The molecule has 1 aromatic carbocycles. The van der Waals surface area contributed by atoms with Gasteiger partial charge in [-0.2, -0.15) is 0 Å². The first-order valence-corrected chi connectivity index (χ1v) is 10.9. The molecule has 142 valence electrons. The monoisotopic (exact) mass is 395 g/mol. The minimum absolute atomic E-state index is 0.0300. The molecule has 1 aromatic heterocycles. The van der Waals surface area contributed by atoms with E-state index in [2.05, 4.69) is 32.3 Å². The quantitative estimate of drug-likeness (QED) is 0.442. The maximum atomic E-state index is 12.1. The minimum atomic E-state index is -3.36. The lowest BCUT2D eigenvalue weighted by atomic mass is 10.2. The van der Waals surface area contributed by atoms with E-state index in [0.29, 0.717) is 19.0 Å². The number of nitrogens with zero attached hydrogens (tertiary/aromatic N) is 2. The number of guanidine groups is 1. The van der Waals surface area contributed by atoms with Gasteiger partial charge in [-0.25, -0.2) is 18.1 Å². The molecule has 2 rings (SSSR count). The van der Waals surface area contributed by atoms with Crippen LogP contribution in [0.15, 0.2) is 41.5 Å². The minimum Gasteiger partial charge on any atom is -0.355 e. The van der Waals surface area contributed by atoms with E-state index in [9.17, 15) is 8.42 Å². The molecule has 0 aliphatic heterocycles. The first-order valence-electron chi connectivity index (χ1n) is 8.41. The summed E-state index contributed by atoms with van der Waals surface area (Å²) < 4.78 is 26.7. The molecule has 0 aliphatic carbocycles. The summed E-state index contributed by atoms with van der Waals surface area (Å²) in [4.78, 5) is 9.67. The van der Waals surface area contributed by atoms with Gasteiger partial charge in [0.05, 0.1) is 12.3 Å². The Bertz CT molecular complexity index is 804. The number of rotatable bonds is 9. The molecule has 0 amide bonds. The Morgan fingerprint density at radius 2 is 1.96 bits per heavy atom. The number of hydrogen-bond acceptors (Lipinski definition) is 5. The van der Waals surface area contributed by atoms with Gasteiger partial charge in [0, 0.05) is 31.2 Å². The van der Waals surface area contributed by atoms with Gasteiger partial charge in [-0.05, 0) is 12.0 Å². The summed E-state index contributed by atoms with van der Waals surface area (Å²) in [5.74, 6) is 0.522. The number of aryl methyl sites for hydroxylation is 1. The van der Waals surface area contributed by atoms with Crippen LogP contribution in [0.1, 0.15) is 22.4 Å². The van der Waals surface area contributed by atoms with E-state index in [4.69, 9.17) is 0 Å². The van der Waals surface area contributed by atoms with Crippen molar-refractivity contribution in [2.24, 2.45) is 4.99 Å². The Balaban J connectivity index is 1.72. The standard InChI is InChI=1S/C17H25N5O2S2/c1-3-15-12-20-16(25-15)13-21-17(18-2)19-9-10-26(23,24)22-11-14-7-5-4-6-8-14/h4-8,12,22H,3,9-11,13H2,1-2H3,(H2,18,19,21). The smallest absolute Gasteiger partial charge is 0.213 e. The van der Waals surface area contributed by atoms with E-state index in [1.807, 2.05) is 36.5 Å². The molecule has 26 heavy (non-hydrogen) atoms. The molecule has 1 heterocycles. The van der Waals surface area contributed by atoms with Gasteiger partial charge in [0.25, 0.3) is 0 Å². The van der Waals surface area contributed by atoms with Crippen LogP contribution in [0, 0.1) is 0 Å². The molecule has 0 bridgehead atoms. The predicted octanol–water partition coefficient (Wildman–Crippen LogP) is 1.49. The fourth-order valence-corrected chi connectivity index (χ4v) is 3.84. The average molecular weight is 396 g/mol. The zero-order chi connectivity index (χ0) is 18.8. The van der Waals surface area contributed by atoms with Crippen LogP contribution >= 0.6 is 11.3 Å². The maximum absolute atomic E-state index is 12.1. The number of nitrogens with one attached hydrogen (secondary N) is 3. The number of aromatic nitrogens is 1. The fourth-order valence-electron chi connectivity index (χ4n) is 2.14. The molecule has 0 unspecified atom stereocenters. The second-order valence-corrected chi connectivity index (χ2v) is 8.68. The molecule has 0 radical (unpaired) electrons. The van der Waals surface area contributed by atoms with Gasteiger partial charge in [0.15, 0.2) is 5.96 Å². The van der Waals surface area contributed by atoms with Crippen LogP contribution in [0.2, 0.25) is 0 Å². The van der Waals surface area contributed by atoms with E-state index in [1.165, 1.54) is 4.88 Å². The molecule has 0 spiro atoms. The SMILES string of the molecule is CCc1cnc(CNC(=NC)NCCS(=O)(=O)NCc2ccccc2)s1. The van der Waals surface area contributed by atoms with Crippen molar-refractivity contribution in [1.82, 2.24) is 20.3 Å². The van der Waals surface area contributed by atoms with Crippen molar-refractivity contribution in [2.75, 3.05) is 19.3 Å². The molecule has 3 N–H and O–H groups in total. The first kappa shape index (κ1) is 20.3. The van der Waals surface area contributed by atoms with E-state index in [1.54, 1.807) is 18.4 Å². The first-order chi connectivity index (χ1) is 12.5. The van der Waals surface area contributed by atoms with Crippen molar-refractivity contribution in [3.05, 3.63) is 52.0 Å². The summed E-state index contributed by atoms with van der Waals surface area (Å²) in [5, 5.41) is 7.12. The highest BCUT2D eigenvalue weighted by Crippen LogP contribution is 2.12. The van der Waals surface area contributed by atoms with Crippen LogP contribution in [0.25, 0.3) is 0 Å². The number of aliphatic imine (C=N–C) groups is 1. The lowest BCUT2D eigenvalue weighted by Crippen LogP contribution is -2.40. The Hall–Kier alpha value is -1.97. The molecule has 0 fully saturated rings. The Morgan fingerprint density at radius 3 is 2.62 bits per heavy atom. The Morgan fingerprint density at radius 1 is 1.19 bits per heavy atom. The highest BCUT2D eigenvalue weighted by atomic mass is 32.2. The van der Waals surface area contributed by atoms with E-state index < -0.39 is 10.0 Å². The van der Waals surface area contributed by atoms with Crippen molar-refractivity contribution >= 4 is 27.3 Å². The van der Waals surface area contributed by atoms with Crippen molar-refractivity contribution in [1.29, 1.82) is 0 Å². The van der Waals surface area contributed by atoms with Gasteiger partial charge in [0.2, 0.25) is 10.0 Å². The van der Waals surface area contributed by atoms with Crippen LogP contribution in [-0.2, 0) is 29.5 Å². The van der Waals surface area contributed by atoms with E-state index >= 15 is 0 Å². The summed E-state index contributed by atoms with van der Waals surface area (Å²) in [6.45, 7) is 3.21. The third kappa shape index (κ3) is 7.11. The van der Waals surface area contributed by atoms with Gasteiger partial charge < -0.3 is 10.6 Å². The summed E-state index contributed by atoms with van der Waals surface area (Å²) in [6.07, 6.45) is 2.85. The maximum Gasteiger partial charge on any atom is 0.213 e. The second-order valence-electron chi connectivity index (χ2n) is 5.55. The number of sulfonamides is 1. The summed E-state index contributed by atoms with van der Waals surface area (Å²) >= 11 is 1.66. The van der Waals surface area contributed by atoms with Crippen molar-refractivity contribution in [2.45, 2.75) is 26.4 Å². The molecule has 0 atom stereocenters. The largest absolute Gasteiger partial charge is 0.355 e. The molecule has 2 aromatic rings. The molecular weight excluding hydrogens is 370 g/mol. The van der Waals surface area contributed by atoms with E-state index in [0.717, 1.165) is 17.0 Å². The molecule has 0 aliphatic rings. The number of hydrogen-bond donors (Lipinski definition) is 3. The van der Waals surface area contributed by atoms with Gasteiger partial charge in [-0.1, -0.05) is 37.3 Å². The number of thiazole rings is 1. The second kappa shape index (κ2) is 10.2. The van der Waals surface area contributed by atoms with Crippen LogP contribution in [0.3, 0.4) is 0 Å². The van der Waals surface area contributed by atoms with Crippen LogP contribution in [0.4, 0.5) is 0 Å². The van der Waals surface area contributed by atoms with Crippen LogP contribution in [0.5, 0.6) is 0 Å². The van der Waals surface area contributed by atoms with Crippen LogP contribution in [-0.4, -0.2) is 38.7 Å². The normalized spacial score (nSPS) is 12.2. The fraction of sp³-hybridized carbons (Fsp3) is 0.412. The molecule has 0 saturated heterocycles. The Labute approximate surface area is 159 Å². The Kier molecular flexibility index (Phi) is 8.02. The number of benzene rings is 1. The zero-order valence-corrected chi connectivity index (χ0v) is 16.7. The van der Waals surface area contributed by atoms with Crippen molar-refractivity contribution in [3.8, 4) is 0 Å². The third-order valence-corrected chi connectivity index (χ3v) is 6.05. The highest BCUT2D eigenvalue weighted by molar-refractivity contribution is 7.89. The van der Waals surface area contributed by atoms with Gasteiger partial charge in [0.1, 0.15) is 5.01 Å². The van der Waals surface area contributed by atoms with Crippen molar-refractivity contribution < 1.29 is 8.42 Å². The lowest BCUT2D eigenvalue weighted by molar-refractivity contribution is 0.580. The van der Waals surface area contributed by atoms with Crippen LogP contribution < -0.4 is 15.4 Å². The lowest BCUT2D eigenvalue weighted by Gasteiger charge is -2.11. The molecule has 9 heteroatoms. The van der Waals surface area contributed by atoms with Gasteiger partial charge in [-0.15, -0.1) is 11.3 Å². The summed E-state index contributed by atoms with van der Waals surface area (Å²) in [6, 6.07) is 9.43. The molecular formula is C17H25N5O2S2. The third-order valence-electron chi connectivity index (χ3n) is 3.58. The molecule has 0 saturated carbocycles. The van der Waals surface area contributed by atoms with Gasteiger partial charge in [-0.3, -0.25) is 4.99 Å². The van der Waals surface area contributed by atoms with Gasteiger partial charge >= 0.3 is 0 Å². The predicted molar refractivity (Wildman–Crippen MR) is 107 cm³/mol. The zero-order valence-electron chi connectivity index (χ0n) is 15.0. The summed E-state index contributed by atoms with van der Waals surface area (Å²) in [7, 11) is -1.71. The molecule has 7 nitrogen and oxygen atoms in total.